The first-order chi connectivity index (χ1) is 19.1. The predicted octanol–water partition coefficient (Wildman–Crippen LogP) is 3.53. The first-order valence-corrected chi connectivity index (χ1v) is 13.7. The molecule has 40 heavy (non-hydrogen) atoms. The number of rotatable bonds is 11. The van der Waals surface area contributed by atoms with Gasteiger partial charge in [-0.3, -0.25) is 19.0 Å². The van der Waals surface area contributed by atoms with Crippen LogP contribution < -0.4 is 10.6 Å². The summed E-state index contributed by atoms with van der Waals surface area (Å²) in [6.07, 6.45) is 6.53. The maximum Gasteiger partial charge on any atom is 0.406 e. The number of halogens is 3. The van der Waals surface area contributed by atoms with E-state index < -0.39 is 24.3 Å². The lowest BCUT2D eigenvalue weighted by molar-refractivity contribution is -0.141. The van der Waals surface area contributed by atoms with Crippen molar-refractivity contribution in [2.45, 2.75) is 82.7 Å². The standard InChI is InChI=1S/C26H32F3N9O2/c1-15(2)38-19(7-10-31-38)22(39)34-21(20(16-3-4-16)17-5-6-17)23(40)33-18-11-32-37(12-18)25(8-9-25)24-35-30-14-36(24)13-26(27,28)29/h7,10-12,14-17,20-21H,3-6,8-9,13H2,1-2H3,(H,33,40)(H,34,39)/t21-/m0/s1. The van der Waals surface area contributed by atoms with Crippen LogP contribution in [0.1, 0.15) is 74.7 Å². The molecule has 214 valence electrons. The van der Waals surface area contributed by atoms with E-state index in [4.69, 9.17) is 0 Å². The number of hydrogen-bond acceptors (Lipinski definition) is 6. The molecule has 2 amide bonds. The number of carbonyl (C=O) groups excluding carboxylic acids is 2. The summed E-state index contributed by atoms with van der Waals surface area (Å²) in [5.41, 5.74) is -0.0578. The second kappa shape index (κ2) is 9.73. The minimum Gasteiger partial charge on any atom is -0.339 e. The van der Waals surface area contributed by atoms with Gasteiger partial charge in [0.1, 0.15) is 30.1 Å². The van der Waals surface area contributed by atoms with Crippen molar-refractivity contribution < 1.29 is 22.8 Å². The Morgan fingerprint density at radius 3 is 2.42 bits per heavy atom. The summed E-state index contributed by atoms with van der Waals surface area (Å²) in [7, 11) is 0. The van der Waals surface area contributed by atoms with E-state index in [2.05, 4.69) is 31.0 Å². The highest BCUT2D eigenvalue weighted by Crippen LogP contribution is 2.51. The van der Waals surface area contributed by atoms with E-state index in [1.165, 1.54) is 6.20 Å². The van der Waals surface area contributed by atoms with Crippen LogP contribution in [-0.2, 0) is 16.9 Å². The van der Waals surface area contributed by atoms with Gasteiger partial charge in [0, 0.05) is 18.4 Å². The van der Waals surface area contributed by atoms with E-state index >= 15 is 0 Å². The summed E-state index contributed by atoms with van der Waals surface area (Å²) >= 11 is 0. The van der Waals surface area contributed by atoms with Gasteiger partial charge in [0.15, 0.2) is 5.82 Å². The van der Waals surface area contributed by atoms with E-state index in [9.17, 15) is 22.8 Å². The molecule has 3 saturated carbocycles. The average Bonchev–Trinajstić information content (AvgIpc) is 3.86. The van der Waals surface area contributed by atoms with Crippen LogP contribution in [0.4, 0.5) is 18.9 Å². The average molecular weight is 560 g/mol. The highest BCUT2D eigenvalue weighted by molar-refractivity contribution is 6.00. The summed E-state index contributed by atoms with van der Waals surface area (Å²) in [6, 6.07) is 0.883. The zero-order valence-electron chi connectivity index (χ0n) is 22.3. The van der Waals surface area contributed by atoms with Crippen LogP contribution in [0, 0.1) is 17.8 Å². The molecule has 0 unspecified atom stereocenters. The number of hydrogen-bond donors (Lipinski definition) is 2. The quantitative estimate of drug-likeness (QED) is 0.371. The van der Waals surface area contributed by atoms with E-state index in [0.717, 1.165) is 36.6 Å². The number of nitrogens with zero attached hydrogens (tertiary/aromatic N) is 7. The van der Waals surface area contributed by atoms with Gasteiger partial charge in [-0.05, 0) is 76.2 Å². The molecule has 3 aliphatic carbocycles. The van der Waals surface area contributed by atoms with Gasteiger partial charge in [0.25, 0.3) is 5.91 Å². The lowest BCUT2D eigenvalue weighted by Crippen LogP contribution is -2.50. The molecule has 3 aliphatic rings. The van der Waals surface area contributed by atoms with Crippen molar-refractivity contribution in [1.29, 1.82) is 0 Å². The van der Waals surface area contributed by atoms with Crippen LogP contribution in [0.2, 0.25) is 0 Å². The second-order valence-corrected chi connectivity index (χ2v) is 11.6. The Labute approximate surface area is 228 Å². The van der Waals surface area contributed by atoms with Crippen molar-refractivity contribution in [3.63, 3.8) is 0 Å². The van der Waals surface area contributed by atoms with Crippen LogP contribution in [0.25, 0.3) is 0 Å². The zero-order valence-corrected chi connectivity index (χ0v) is 22.3. The molecule has 3 aromatic rings. The van der Waals surface area contributed by atoms with E-state index in [0.29, 0.717) is 36.1 Å². The minimum absolute atomic E-state index is 0.0202. The molecule has 3 heterocycles. The number of anilines is 1. The normalized spacial score (nSPS) is 19.2. The third-order valence-corrected chi connectivity index (χ3v) is 8.07. The van der Waals surface area contributed by atoms with Gasteiger partial charge < -0.3 is 15.2 Å². The fourth-order valence-corrected chi connectivity index (χ4v) is 5.79. The molecule has 11 nitrogen and oxygen atoms in total. The van der Waals surface area contributed by atoms with Crippen molar-refractivity contribution in [1.82, 2.24) is 39.6 Å². The Morgan fingerprint density at radius 2 is 1.82 bits per heavy atom. The molecular weight excluding hydrogens is 527 g/mol. The van der Waals surface area contributed by atoms with Crippen LogP contribution in [0.15, 0.2) is 31.0 Å². The summed E-state index contributed by atoms with van der Waals surface area (Å²) < 4.78 is 43.4. The van der Waals surface area contributed by atoms with Crippen molar-refractivity contribution in [2.24, 2.45) is 17.8 Å². The smallest absolute Gasteiger partial charge is 0.339 e. The summed E-state index contributed by atoms with van der Waals surface area (Å²) in [5.74, 6) is 0.295. The first-order valence-electron chi connectivity index (χ1n) is 13.7. The van der Waals surface area contributed by atoms with Gasteiger partial charge >= 0.3 is 6.18 Å². The number of aromatic nitrogens is 7. The first kappa shape index (κ1) is 26.5. The van der Waals surface area contributed by atoms with Crippen LogP contribution >= 0.6 is 0 Å². The highest BCUT2D eigenvalue weighted by Gasteiger charge is 2.52. The Balaban J connectivity index is 1.22. The summed E-state index contributed by atoms with van der Waals surface area (Å²) in [4.78, 5) is 27.1. The topological polar surface area (TPSA) is 125 Å². The van der Waals surface area contributed by atoms with Gasteiger partial charge in [0.2, 0.25) is 5.91 Å². The van der Waals surface area contributed by atoms with Crippen molar-refractivity contribution >= 4 is 17.5 Å². The number of alkyl halides is 3. The highest BCUT2D eigenvalue weighted by atomic mass is 19.4. The molecule has 0 radical (unpaired) electrons. The predicted molar refractivity (Wildman–Crippen MR) is 136 cm³/mol. The SMILES string of the molecule is CC(C)n1nccc1C(=O)N[C@H](C(=O)Nc1cnn(C2(c3nncn3CC(F)(F)F)CC2)c1)C(C1CC1)C1CC1. The van der Waals surface area contributed by atoms with Crippen molar-refractivity contribution in [3.05, 3.63) is 42.5 Å². The van der Waals surface area contributed by atoms with Crippen LogP contribution in [0.3, 0.4) is 0 Å². The molecule has 0 saturated heterocycles. The van der Waals surface area contributed by atoms with Crippen LogP contribution in [0.5, 0.6) is 0 Å². The minimum atomic E-state index is -4.41. The summed E-state index contributed by atoms with van der Waals surface area (Å²) in [5, 5.41) is 22.2. The van der Waals surface area contributed by atoms with E-state index in [1.807, 2.05) is 13.8 Å². The monoisotopic (exact) mass is 559 g/mol. The molecule has 6 rings (SSSR count). The van der Waals surface area contributed by atoms with E-state index in [-0.39, 0.29) is 29.6 Å². The Morgan fingerprint density at radius 1 is 1.12 bits per heavy atom. The van der Waals surface area contributed by atoms with Crippen molar-refractivity contribution in [3.8, 4) is 0 Å². The van der Waals surface area contributed by atoms with Gasteiger partial charge in [0.05, 0.1) is 11.9 Å². The van der Waals surface area contributed by atoms with Crippen molar-refractivity contribution in [2.75, 3.05) is 5.32 Å². The molecule has 2 N–H and O–H groups in total. The molecule has 3 aromatic heterocycles. The molecule has 0 aliphatic heterocycles. The molecule has 0 bridgehead atoms. The number of amides is 2. The molecule has 3 fully saturated rings. The zero-order chi connectivity index (χ0) is 28.2. The fourth-order valence-electron chi connectivity index (χ4n) is 5.79. The second-order valence-electron chi connectivity index (χ2n) is 11.6. The number of nitrogens with one attached hydrogen (secondary N) is 2. The van der Waals surface area contributed by atoms with Gasteiger partial charge in [-0.25, -0.2) is 0 Å². The third-order valence-electron chi connectivity index (χ3n) is 8.07. The maximum absolute atomic E-state index is 13.7. The lowest BCUT2D eigenvalue weighted by Gasteiger charge is -2.27. The van der Waals surface area contributed by atoms with E-state index in [1.54, 1.807) is 27.8 Å². The maximum atomic E-state index is 13.7. The Hall–Kier alpha value is -3.71. The van der Waals surface area contributed by atoms with Gasteiger partial charge in [-0.2, -0.15) is 23.4 Å². The molecule has 0 aromatic carbocycles. The number of carbonyl (C=O) groups is 2. The molecule has 0 spiro atoms. The van der Waals surface area contributed by atoms with Crippen LogP contribution in [-0.4, -0.2) is 58.4 Å². The Kier molecular flexibility index (Phi) is 6.45. The summed E-state index contributed by atoms with van der Waals surface area (Å²) in [6.45, 7) is 2.67. The largest absolute Gasteiger partial charge is 0.406 e. The third kappa shape index (κ3) is 5.22. The lowest BCUT2D eigenvalue weighted by atomic mass is 9.88. The van der Waals surface area contributed by atoms with Gasteiger partial charge in [-0.15, -0.1) is 10.2 Å². The molecular formula is C26H32F3N9O2. The van der Waals surface area contributed by atoms with Gasteiger partial charge in [-0.1, -0.05) is 0 Å². The fraction of sp³-hybridized carbons (Fsp3) is 0.615. The molecule has 1 atom stereocenters. The Bertz CT molecular complexity index is 1380. The molecule has 14 heteroatoms.